The highest BCUT2D eigenvalue weighted by molar-refractivity contribution is 7.20. The Labute approximate surface area is 866 Å². The van der Waals surface area contributed by atoms with Crippen LogP contribution in [0.2, 0.25) is 0 Å². The quantitative estimate of drug-likeness (QED) is 0.0351. The van der Waals surface area contributed by atoms with E-state index in [1.165, 1.54) is 104 Å². The molecule has 2 aliphatic carbocycles. The number of nitrogens with two attached hydrogens (primary N) is 6. The van der Waals surface area contributed by atoms with Crippen LogP contribution in [0.25, 0.3) is 131 Å². The second-order valence-corrected chi connectivity index (χ2v) is 41.4. The maximum absolute atomic E-state index is 13.9. The molecule has 0 bridgehead atoms. The van der Waals surface area contributed by atoms with Gasteiger partial charge in [0.25, 0.3) is 0 Å². The number of thiophene rings is 6. The van der Waals surface area contributed by atoms with Crippen molar-refractivity contribution in [1.82, 2.24) is 99.7 Å². The van der Waals surface area contributed by atoms with Gasteiger partial charge in [0, 0.05) is 145 Å². The number of nitrogens with zero attached hydrogens (tertiary/aromatic N) is 20. The largest absolute Gasteiger partial charge is 0.458 e. The van der Waals surface area contributed by atoms with Crippen LogP contribution < -0.4 is 34.4 Å². The summed E-state index contributed by atoms with van der Waals surface area (Å²) in [5, 5.41) is 25.8. The molecule has 0 saturated heterocycles. The smallest absolute Gasteiger partial charge is 0.199 e. The second-order valence-electron chi connectivity index (χ2n) is 34.8. The van der Waals surface area contributed by atoms with Gasteiger partial charge in [-0.3, -0.25) is 34.9 Å². The van der Waals surface area contributed by atoms with Gasteiger partial charge in [-0.1, -0.05) is 30.3 Å². The van der Waals surface area contributed by atoms with Crippen molar-refractivity contribution in [2.45, 2.75) is 103 Å². The standard InChI is InChI=1S/2C19H16N4OS.C18H15N5OS.C18H15N5S.C17H13FN4O2S.C17H13FN4OS/c20-17-14-9-13(8-11-2-1-7-21-10-11)25-19(14)23-18(22-17)16-6-5-15(24-16)12-3-4-12;20-17-14-10-13(9-12-3-1-2-8-21-12)25-19(14)23-18(22-17)16-7-6-15(24-16)11-4-5-11;1-10-8-11(5-7-20-10)17-22-16(19)12-9-14(25-18(12)23-17)15(24)13-4-2-3-6-21-13;1-11-4-2-6-15(21-11)17-22-16(19)14-9-13(24-18(14)23-17)8-12-5-3-7-20-10-12;1-8-4-5-11(24-8)16-21-15(19)9-7-12(25-17(9)22-16)14(23)13-10(18)3-2-6-20-13;1-9-4-5-14(23-9)16-21-15(19)11-7-10(24-17(11)22-16)8-13-12(18)3-2-6-20-13/h1-2,5-7,9-10,12H,3-4,8H2,(H2,20,22,23);1-3,6-8,10-11H,4-5,9H2,(H2,20,22,23);2-9,15,24H,1H3,(H2,19,22,23);2-7,9-10H,8H2,1H3,(H2,19,22,23);2-7,14,23H,1H3,(H2,19,21,22);2-7H,8H2,1H3,(H2,19,21,22). The van der Waals surface area contributed by atoms with Crippen LogP contribution >= 0.6 is 68.0 Å². The molecule has 2 fully saturated rings. The summed E-state index contributed by atoms with van der Waals surface area (Å²) >= 11 is 8.95. The van der Waals surface area contributed by atoms with E-state index < -0.39 is 18.0 Å². The highest BCUT2D eigenvalue weighted by Crippen LogP contribution is 2.46. The molecular weight excluding hydrogens is 1990 g/mol. The summed E-state index contributed by atoms with van der Waals surface area (Å²) in [5.74, 6) is 11.9. The van der Waals surface area contributed by atoms with Gasteiger partial charge in [0.1, 0.15) is 122 Å². The molecule has 0 spiro atoms. The predicted octanol–water partition coefficient (Wildman–Crippen LogP) is 23.0. The molecule has 40 heteroatoms. The van der Waals surface area contributed by atoms with E-state index in [-0.39, 0.29) is 17.3 Å². The molecule has 24 aromatic heterocycles. The summed E-state index contributed by atoms with van der Waals surface area (Å²) in [6.07, 6.45) is 21.1. The van der Waals surface area contributed by atoms with E-state index in [0.29, 0.717) is 132 Å². The van der Waals surface area contributed by atoms with Crippen molar-refractivity contribution in [1.29, 1.82) is 0 Å². The lowest BCUT2D eigenvalue weighted by Gasteiger charge is -2.07. The summed E-state index contributed by atoms with van der Waals surface area (Å²) in [4.78, 5) is 97.9. The first-order valence-corrected chi connectivity index (χ1v) is 51.6. The lowest BCUT2D eigenvalue weighted by Crippen LogP contribution is -2.03. The number of furan rings is 4. The van der Waals surface area contributed by atoms with Crippen molar-refractivity contribution < 1.29 is 36.7 Å². The van der Waals surface area contributed by atoms with Gasteiger partial charge in [0.15, 0.2) is 58.0 Å². The van der Waals surface area contributed by atoms with Gasteiger partial charge in [-0.25, -0.2) is 73.6 Å². The minimum Gasteiger partial charge on any atom is -0.458 e. The van der Waals surface area contributed by atoms with E-state index in [1.807, 2.05) is 174 Å². The number of aliphatic hydroxyl groups excluding tert-OH is 2. The van der Waals surface area contributed by atoms with Crippen molar-refractivity contribution in [3.05, 3.63) is 365 Å². The minimum absolute atomic E-state index is 0.0394. The van der Waals surface area contributed by atoms with Crippen LogP contribution in [0.3, 0.4) is 0 Å². The lowest BCUT2D eigenvalue weighted by molar-refractivity contribution is 0.213. The average molecular weight is 2080 g/mol. The number of aromatic nitrogens is 20. The zero-order valence-corrected chi connectivity index (χ0v) is 84.3. The van der Waals surface area contributed by atoms with Crippen LogP contribution in [0, 0.1) is 39.3 Å². The van der Waals surface area contributed by atoms with Crippen molar-refractivity contribution in [2.24, 2.45) is 0 Å². The molecule has 2 saturated carbocycles. The van der Waals surface area contributed by atoms with Gasteiger partial charge in [-0.05, 0) is 234 Å². The number of rotatable bonds is 20. The SMILES string of the molecule is Cc1cc(-c2nc(N)c3cc(C(O)c4ccccn4)sc3n2)ccn1.Cc1ccc(-c2nc(N)c3cc(C(O)c4ncccc4F)sc3n2)o1.Cc1ccc(-c2nc(N)c3cc(Cc4ncccc4F)sc3n2)o1.Cc1cccc(-c2nc(N)c3cc(Cc4cccnc4)sc3n2)n1.Nc1nc(-c2ccc(C3CC3)o2)nc2sc(Cc3ccccn3)cc12.Nc1nc(-c2ccc(C3CC3)o2)nc2sc(Cc3cccnc3)cc12. The van der Waals surface area contributed by atoms with E-state index in [2.05, 4.69) is 130 Å². The fourth-order valence-electron chi connectivity index (χ4n) is 16.0. The first kappa shape index (κ1) is 97.2. The molecule has 32 nitrogen and oxygen atoms in total. The normalized spacial score (nSPS) is 12.6. The van der Waals surface area contributed by atoms with E-state index in [4.69, 9.17) is 52.1 Å². The fraction of sp³-hybridized carbons (Fsp3) is 0.148. The number of hydrogen-bond acceptors (Lipinski definition) is 38. The first-order valence-electron chi connectivity index (χ1n) is 46.7. The van der Waals surface area contributed by atoms with Crippen molar-refractivity contribution in [3.63, 3.8) is 0 Å². The highest BCUT2D eigenvalue weighted by Gasteiger charge is 2.31. The Morgan fingerprint density at radius 2 is 0.757 bits per heavy atom. The van der Waals surface area contributed by atoms with Crippen LogP contribution in [0.15, 0.2) is 274 Å². The van der Waals surface area contributed by atoms with Crippen LogP contribution in [-0.2, 0) is 25.7 Å². The molecule has 0 radical (unpaired) electrons. The van der Waals surface area contributed by atoms with E-state index in [1.54, 1.807) is 89.3 Å². The molecule has 0 amide bonds. The van der Waals surface area contributed by atoms with Gasteiger partial charge in [-0.15, -0.1) is 68.0 Å². The van der Waals surface area contributed by atoms with Crippen LogP contribution in [0.4, 0.5) is 43.7 Å². The summed E-state index contributed by atoms with van der Waals surface area (Å²) in [6.45, 7) is 7.54. The molecular formula is C108H88F2N26O6S6. The van der Waals surface area contributed by atoms with Crippen LogP contribution in [-0.4, -0.2) is 110 Å². The molecule has 2 atom stereocenters. The number of aryl methyl sites for hydroxylation is 4. The first-order chi connectivity index (χ1) is 71.9. The Morgan fingerprint density at radius 1 is 0.331 bits per heavy atom. The molecule has 24 aromatic rings. The maximum atomic E-state index is 13.9. The Kier molecular flexibility index (Phi) is 28.1. The Morgan fingerprint density at radius 3 is 1.21 bits per heavy atom. The summed E-state index contributed by atoms with van der Waals surface area (Å²) in [7, 11) is 0. The Hall–Kier alpha value is -16.9. The molecule has 736 valence electrons. The van der Waals surface area contributed by atoms with Crippen LogP contribution in [0.5, 0.6) is 0 Å². The summed E-state index contributed by atoms with van der Waals surface area (Å²) in [6, 6.07) is 61.4. The van der Waals surface area contributed by atoms with Crippen molar-refractivity contribution in [3.8, 4) is 69.2 Å². The highest BCUT2D eigenvalue weighted by atomic mass is 32.1. The van der Waals surface area contributed by atoms with Gasteiger partial charge in [0.2, 0.25) is 0 Å². The average Bonchev–Trinajstić information content (AvgIpc) is 1.74. The molecule has 2 unspecified atom stereocenters. The Balaban J connectivity index is 0.000000104. The summed E-state index contributed by atoms with van der Waals surface area (Å²) in [5.41, 5.74) is 44.5. The summed E-state index contributed by atoms with van der Waals surface area (Å²) < 4.78 is 50.6. The lowest BCUT2D eigenvalue weighted by atomic mass is 10.2. The molecule has 0 aliphatic heterocycles. The minimum atomic E-state index is -1.20. The third-order valence-corrected chi connectivity index (χ3v) is 29.9. The van der Waals surface area contributed by atoms with Gasteiger partial charge >= 0.3 is 0 Å². The molecule has 0 aromatic carbocycles. The number of nitrogen functional groups attached to an aromatic ring is 6. The van der Waals surface area contributed by atoms with Crippen molar-refractivity contribution in [2.75, 3.05) is 34.4 Å². The van der Waals surface area contributed by atoms with Gasteiger partial charge in [-0.2, -0.15) is 0 Å². The van der Waals surface area contributed by atoms with Crippen molar-refractivity contribution >= 4 is 164 Å². The molecule has 14 N–H and O–H groups in total. The maximum Gasteiger partial charge on any atom is 0.199 e. The van der Waals surface area contributed by atoms with Gasteiger partial charge < -0.3 is 62.3 Å². The second kappa shape index (κ2) is 42.8. The number of aliphatic hydroxyl groups is 2. The molecule has 2 aliphatic rings. The number of pyridine rings is 8. The zero-order chi connectivity index (χ0) is 102. The van der Waals surface area contributed by atoms with E-state index in [9.17, 15) is 19.0 Å². The monoisotopic (exact) mass is 2070 g/mol. The van der Waals surface area contributed by atoms with Gasteiger partial charge in [0.05, 0.1) is 43.7 Å². The number of halogens is 2. The fourth-order valence-corrected chi connectivity index (χ4v) is 22.3. The number of anilines is 6. The molecule has 26 rings (SSSR count). The predicted molar refractivity (Wildman–Crippen MR) is 576 cm³/mol. The topological polar surface area (TPSA) is 507 Å². The number of fused-ring (bicyclic) bond motifs is 6. The third kappa shape index (κ3) is 22.5. The number of hydrogen-bond donors (Lipinski definition) is 8. The van der Waals surface area contributed by atoms with Crippen LogP contribution in [0.1, 0.15) is 147 Å². The molecule has 148 heavy (non-hydrogen) atoms. The molecule has 24 heterocycles. The zero-order valence-electron chi connectivity index (χ0n) is 79.4. The Bertz CT molecular complexity index is 8750. The van der Waals surface area contributed by atoms with E-state index >= 15 is 0 Å². The van der Waals surface area contributed by atoms with E-state index in [0.717, 1.165) is 137 Å². The third-order valence-electron chi connectivity index (χ3n) is 23.6.